The summed E-state index contributed by atoms with van der Waals surface area (Å²) in [7, 11) is 1.46. The van der Waals surface area contributed by atoms with Crippen molar-refractivity contribution in [3.63, 3.8) is 0 Å². The van der Waals surface area contributed by atoms with Crippen LogP contribution in [0.2, 0.25) is 0 Å². The summed E-state index contributed by atoms with van der Waals surface area (Å²) < 4.78 is 0. The minimum Gasteiger partial charge on any atom is -0.379 e. The third kappa shape index (κ3) is 1.17. The molecule has 0 unspecified atom stereocenters. The number of benzene rings is 2. The van der Waals surface area contributed by atoms with Gasteiger partial charge in [0.2, 0.25) is 11.8 Å². The molecule has 1 saturated heterocycles. The van der Waals surface area contributed by atoms with Gasteiger partial charge in [0.15, 0.2) is 0 Å². The van der Waals surface area contributed by atoms with Crippen LogP contribution in [0.4, 0.5) is 0 Å². The first-order valence-corrected chi connectivity index (χ1v) is 7.96. The van der Waals surface area contributed by atoms with Crippen LogP contribution in [0.25, 0.3) is 0 Å². The van der Waals surface area contributed by atoms with Gasteiger partial charge in [0.1, 0.15) is 5.60 Å². The van der Waals surface area contributed by atoms with E-state index in [1.54, 1.807) is 12.1 Å². The maximum atomic E-state index is 12.8. The molecule has 0 spiro atoms. The van der Waals surface area contributed by atoms with Crippen LogP contribution in [0, 0.1) is 11.8 Å². The molecule has 2 atom stereocenters. The van der Waals surface area contributed by atoms with Crippen LogP contribution in [0.15, 0.2) is 48.5 Å². The number of hydrogen-bond donors (Lipinski definition) is 2. The Morgan fingerprint density at radius 3 is 1.79 bits per heavy atom. The summed E-state index contributed by atoms with van der Waals surface area (Å²) in [5.41, 5.74) is 6.93. The van der Waals surface area contributed by atoms with Crippen molar-refractivity contribution in [2.75, 3.05) is 7.05 Å². The van der Waals surface area contributed by atoms with Gasteiger partial charge < -0.3 is 10.8 Å². The molecule has 5 heteroatoms. The average Bonchev–Trinajstić information content (AvgIpc) is 2.85. The minimum atomic E-state index is -1.53. The summed E-state index contributed by atoms with van der Waals surface area (Å²) in [6.45, 7) is 0. The van der Waals surface area contributed by atoms with Gasteiger partial charge in [-0.25, -0.2) is 0 Å². The Morgan fingerprint density at radius 2 is 1.29 bits per heavy atom. The number of rotatable bonds is 0. The zero-order valence-electron chi connectivity index (χ0n) is 13.1. The van der Waals surface area contributed by atoms with Crippen molar-refractivity contribution >= 4 is 11.8 Å². The Morgan fingerprint density at radius 1 is 0.875 bits per heavy atom. The smallest absolute Gasteiger partial charge is 0.236 e. The highest BCUT2D eigenvalue weighted by Crippen LogP contribution is 2.63. The predicted octanol–water partition coefficient (Wildman–Crippen LogP) is 0.683. The second-order valence-corrected chi connectivity index (χ2v) is 6.92. The van der Waals surface area contributed by atoms with E-state index in [1.165, 1.54) is 7.05 Å². The molecule has 0 saturated carbocycles. The zero-order valence-corrected chi connectivity index (χ0v) is 13.1. The highest BCUT2D eigenvalue weighted by molar-refractivity contribution is 6.08. The van der Waals surface area contributed by atoms with E-state index in [9.17, 15) is 14.7 Å². The molecule has 1 fully saturated rings. The van der Waals surface area contributed by atoms with Crippen LogP contribution in [0.3, 0.4) is 0 Å². The molecule has 2 bridgehead atoms. The molecule has 6 rings (SSSR count). The van der Waals surface area contributed by atoms with Gasteiger partial charge in [-0.3, -0.25) is 14.5 Å². The summed E-state index contributed by atoms with van der Waals surface area (Å²) in [6, 6.07) is 14.6. The van der Waals surface area contributed by atoms with Crippen molar-refractivity contribution < 1.29 is 14.7 Å². The number of nitrogens with two attached hydrogens (primary N) is 1. The summed E-state index contributed by atoms with van der Waals surface area (Å²) >= 11 is 0. The highest BCUT2D eigenvalue weighted by Gasteiger charge is 2.71. The van der Waals surface area contributed by atoms with Gasteiger partial charge in [0.05, 0.1) is 17.4 Å². The number of nitrogens with zero attached hydrogens (tertiary/aromatic N) is 1. The zero-order chi connectivity index (χ0) is 16.9. The molecule has 2 aromatic carbocycles. The first-order valence-electron chi connectivity index (χ1n) is 7.96. The van der Waals surface area contributed by atoms with Crippen LogP contribution in [-0.2, 0) is 20.7 Å². The topological polar surface area (TPSA) is 83.6 Å². The molecule has 1 heterocycles. The molecule has 5 nitrogen and oxygen atoms in total. The SMILES string of the molecule is CN1C(=O)[C@@H]2[C@H](C1=O)C1(O)c3ccccc3C2(N)c2ccccc21. The first kappa shape index (κ1) is 13.9. The molecule has 2 amide bonds. The summed E-state index contributed by atoms with van der Waals surface area (Å²) in [5, 5.41) is 11.8. The Balaban J connectivity index is 1.98. The summed E-state index contributed by atoms with van der Waals surface area (Å²) in [5.74, 6) is -2.36. The van der Waals surface area contributed by atoms with Gasteiger partial charge in [-0.15, -0.1) is 0 Å². The number of likely N-dealkylation sites (tertiary alicyclic amines) is 1. The van der Waals surface area contributed by atoms with Gasteiger partial charge in [-0.05, 0) is 22.3 Å². The molecule has 0 radical (unpaired) electrons. The standard InChI is InChI=1S/C19H16N2O3/c1-21-16(22)14-15(17(21)23)19(24)12-8-4-2-6-10(12)18(14,20)11-7-3-5-9-13(11)19/h2-9,14-15,24H,20H2,1H3/t14-,15+,18?,19?/m0/s1. The molecular weight excluding hydrogens is 304 g/mol. The van der Waals surface area contributed by atoms with Crippen molar-refractivity contribution in [1.29, 1.82) is 0 Å². The van der Waals surface area contributed by atoms with E-state index in [1.807, 2.05) is 36.4 Å². The molecule has 3 aliphatic carbocycles. The number of amides is 2. The predicted molar refractivity (Wildman–Crippen MR) is 85.6 cm³/mol. The van der Waals surface area contributed by atoms with Crippen LogP contribution < -0.4 is 5.73 Å². The normalized spacial score (nSPS) is 35.7. The van der Waals surface area contributed by atoms with Crippen molar-refractivity contribution in [3.8, 4) is 0 Å². The second-order valence-electron chi connectivity index (χ2n) is 6.92. The maximum Gasteiger partial charge on any atom is 0.236 e. The Bertz CT molecular complexity index is 814. The summed E-state index contributed by atoms with van der Waals surface area (Å²) in [6.07, 6.45) is 0. The molecule has 0 aromatic heterocycles. The molecule has 2 aromatic rings. The number of imide groups is 1. The van der Waals surface area contributed by atoms with Crippen molar-refractivity contribution in [3.05, 3.63) is 70.8 Å². The second kappa shape index (κ2) is 3.94. The Labute approximate surface area is 138 Å². The minimum absolute atomic E-state index is 0.324. The fourth-order valence-electron chi connectivity index (χ4n) is 5.00. The number of hydrogen-bond acceptors (Lipinski definition) is 4. The lowest BCUT2D eigenvalue weighted by Gasteiger charge is -2.56. The van der Waals surface area contributed by atoms with Gasteiger partial charge in [0.25, 0.3) is 0 Å². The van der Waals surface area contributed by atoms with Crippen molar-refractivity contribution in [2.24, 2.45) is 17.6 Å². The third-order valence-electron chi connectivity index (χ3n) is 6.03. The first-order chi connectivity index (χ1) is 11.4. The lowest BCUT2D eigenvalue weighted by atomic mass is 9.49. The fraction of sp³-hybridized carbons (Fsp3) is 0.263. The van der Waals surface area contributed by atoms with E-state index in [-0.39, 0.29) is 11.8 Å². The molecule has 1 aliphatic heterocycles. The lowest BCUT2D eigenvalue weighted by Crippen LogP contribution is -2.65. The van der Waals surface area contributed by atoms with Crippen LogP contribution in [-0.4, -0.2) is 28.9 Å². The Kier molecular flexibility index (Phi) is 2.28. The quantitative estimate of drug-likeness (QED) is 0.699. The van der Waals surface area contributed by atoms with Crippen molar-refractivity contribution in [1.82, 2.24) is 4.90 Å². The molecule has 24 heavy (non-hydrogen) atoms. The van der Waals surface area contributed by atoms with E-state index in [2.05, 4.69) is 0 Å². The Hall–Kier alpha value is -2.50. The van der Waals surface area contributed by atoms with Gasteiger partial charge in [0, 0.05) is 7.05 Å². The highest BCUT2D eigenvalue weighted by atomic mass is 16.3. The number of carbonyl (C=O) groups excluding carboxylic acids is 2. The van der Waals surface area contributed by atoms with Gasteiger partial charge in [-0.2, -0.15) is 0 Å². The molecule has 4 aliphatic rings. The van der Waals surface area contributed by atoms with Gasteiger partial charge >= 0.3 is 0 Å². The number of aliphatic hydroxyl groups is 1. The average molecular weight is 320 g/mol. The van der Waals surface area contributed by atoms with Crippen LogP contribution in [0.5, 0.6) is 0 Å². The van der Waals surface area contributed by atoms with E-state index >= 15 is 0 Å². The number of carbonyl (C=O) groups is 2. The van der Waals surface area contributed by atoms with Crippen molar-refractivity contribution in [2.45, 2.75) is 11.1 Å². The molecule has 120 valence electrons. The molecular formula is C19H16N2O3. The van der Waals surface area contributed by atoms with Crippen LogP contribution >= 0.6 is 0 Å². The fourth-order valence-corrected chi connectivity index (χ4v) is 5.00. The lowest BCUT2D eigenvalue weighted by molar-refractivity contribution is -0.140. The maximum absolute atomic E-state index is 12.8. The van der Waals surface area contributed by atoms with E-state index in [0.29, 0.717) is 11.1 Å². The largest absolute Gasteiger partial charge is 0.379 e. The van der Waals surface area contributed by atoms with Gasteiger partial charge in [-0.1, -0.05) is 48.5 Å². The van der Waals surface area contributed by atoms with Crippen LogP contribution in [0.1, 0.15) is 22.3 Å². The summed E-state index contributed by atoms with van der Waals surface area (Å²) in [4.78, 5) is 26.7. The van der Waals surface area contributed by atoms with E-state index < -0.39 is 23.0 Å². The molecule has 3 N–H and O–H groups in total. The van der Waals surface area contributed by atoms with E-state index in [0.717, 1.165) is 16.0 Å². The van der Waals surface area contributed by atoms with E-state index in [4.69, 9.17) is 5.73 Å². The monoisotopic (exact) mass is 320 g/mol. The third-order valence-corrected chi connectivity index (χ3v) is 6.03.